The van der Waals surface area contributed by atoms with Crippen molar-refractivity contribution in [2.75, 3.05) is 0 Å². The van der Waals surface area contributed by atoms with E-state index in [9.17, 15) is 26.0 Å². The van der Waals surface area contributed by atoms with Crippen LogP contribution in [0.15, 0.2) is 47.4 Å². The first-order chi connectivity index (χ1) is 9.59. The van der Waals surface area contributed by atoms with Gasteiger partial charge >= 0.3 is 6.18 Å². The van der Waals surface area contributed by atoms with Crippen molar-refractivity contribution < 1.29 is 26.0 Å². The molecule has 0 spiro atoms. The van der Waals surface area contributed by atoms with Crippen molar-refractivity contribution in [2.45, 2.75) is 11.1 Å². The van der Waals surface area contributed by atoms with Gasteiger partial charge in [0.2, 0.25) is 10.0 Å². The van der Waals surface area contributed by atoms with Crippen LogP contribution in [-0.4, -0.2) is 8.42 Å². The van der Waals surface area contributed by atoms with Crippen LogP contribution in [0.1, 0.15) is 5.56 Å². The third kappa shape index (κ3) is 3.40. The Hall–Kier alpha value is -1.93. The summed E-state index contributed by atoms with van der Waals surface area (Å²) in [5.41, 5.74) is -0.914. The van der Waals surface area contributed by atoms with Crippen LogP contribution in [0.2, 0.25) is 0 Å². The molecule has 0 fully saturated rings. The molecule has 0 amide bonds. The van der Waals surface area contributed by atoms with Crippen LogP contribution in [0.4, 0.5) is 17.6 Å². The van der Waals surface area contributed by atoms with Crippen LogP contribution in [0.25, 0.3) is 11.1 Å². The van der Waals surface area contributed by atoms with Gasteiger partial charge in [0.15, 0.2) is 0 Å². The van der Waals surface area contributed by atoms with E-state index in [1.165, 1.54) is 12.1 Å². The van der Waals surface area contributed by atoms with Crippen molar-refractivity contribution in [3.05, 3.63) is 53.8 Å². The molecule has 2 N–H and O–H groups in total. The molecular weight excluding hydrogens is 310 g/mol. The zero-order valence-electron chi connectivity index (χ0n) is 10.4. The summed E-state index contributed by atoms with van der Waals surface area (Å²) in [4.78, 5) is -0.168. The van der Waals surface area contributed by atoms with Crippen LogP contribution in [0.3, 0.4) is 0 Å². The first-order valence-corrected chi connectivity index (χ1v) is 7.13. The van der Waals surface area contributed by atoms with Gasteiger partial charge in [-0.05, 0) is 29.8 Å². The Kier molecular flexibility index (Phi) is 3.77. The molecule has 3 nitrogen and oxygen atoms in total. The molecule has 21 heavy (non-hydrogen) atoms. The fourth-order valence-corrected chi connectivity index (χ4v) is 2.27. The van der Waals surface area contributed by atoms with E-state index in [0.717, 1.165) is 24.3 Å². The fraction of sp³-hybridized carbons (Fsp3) is 0.0769. The summed E-state index contributed by atoms with van der Waals surface area (Å²) in [7, 11) is -3.88. The van der Waals surface area contributed by atoms with Gasteiger partial charge in [-0.15, -0.1) is 0 Å². The highest BCUT2D eigenvalue weighted by atomic mass is 32.2. The lowest BCUT2D eigenvalue weighted by Crippen LogP contribution is -2.11. The molecule has 0 saturated heterocycles. The quantitative estimate of drug-likeness (QED) is 0.864. The predicted octanol–water partition coefficient (Wildman–Crippen LogP) is 3.16. The number of hydrogen-bond acceptors (Lipinski definition) is 2. The minimum Gasteiger partial charge on any atom is -0.225 e. The number of halogens is 4. The Morgan fingerprint density at radius 1 is 0.952 bits per heavy atom. The summed E-state index contributed by atoms with van der Waals surface area (Å²) >= 11 is 0. The summed E-state index contributed by atoms with van der Waals surface area (Å²) in [6.45, 7) is 0. The second-order valence-corrected chi connectivity index (χ2v) is 5.82. The molecule has 0 aliphatic carbocycles. The van der Waals surface area contributed by atoms with Crippen LogP contribution in [0.5, 0.6) is 0 Å². The van der Waals surface area contributed by atoms with E-state index in [1.807, 2.05) is 0 Å². The molecule has 0 aliphatic rings. The zero-order valence-corrected chi connectivity index (χ0v) is 11.2. The number of rotatable bonds is 2. The summed E-state index contributed by atoms with van der Waals surface area (Å²) in [6.07, 6.45) is -4.63. The van der Waals surface area contributed by atoms with Gasteiger partial charge in [-0.3, -0.25) is 0 Å². The van der Waals surface area contributed by atoms with Gasteiger partial charge in [-0.2, -0.15) is 13.2 Å². The average Bonchev–Trinajstić information content (AvgIpc) is 2.36. The molecule has 2 aromatic carbocycles. The molecule has 112 valence electrons. The monoisotopic (exact) mass is 319 g/mol. The molecule has 2 rings (SSSR count). The molecule has 2 aromatic rings. The van der Waals surface area contributed by atoms with Crippen LogP contribution < -0.4 is 5.14 Å². The number of alkyl halides is 3. The van der Waals surface area contributed by atoms with Crippen molar-refractivity contribution in [3.63, 3.8) is 0 Å². The summed E-state index contributed by atoms with van der Waals surface area (Å²) in [6, 6.07) is 6.99. The summed E-state index contributed by atoms with van der Waals surface area (Å²) in [5, 5.41) is 4.92. The number of hydrogen-bond donors (Lipinski definition) is 1. The molecule has 0 bridgehead atoms. The fourth-order valence-electron chi connectivity index (χ4n) is 1.75. The average molecular weight is 319 g/mol. The molecule has 0 heterocycles. The van der Waals surface area contributed by atoms with Gasteiger partial charge in [0.25, 0.3) is 0 Å². The lowest BCUT2D eigenvalue weighted by Gasteiger charge is -2.09. The Labute approximate surface area is 118 Å². The maximum absolute atomic E-state index is 13.8. The van der Waals surface area contributed by atoms with Crippen molar-refractivity contribution in [3.8, 4) is 11.1 Å². The van der Waals surface area contributed by atoms with Crippen LogP contribution in [0, 0.1) is 5.82 Å². The number of primary sulfonamides is 1. The lowest BCUT2D eigenvalue weighted by molar-refractivity contribution is -0.137. The number of nitrogens with two attached hydrogens (primary N) is 1. The van der Waals surface area contributed by atoms with Crippen molar-refractivity contribution in [1.82, 2.24) is 0 Å². The Morgan fingerprint density at radius 2 is 1.52 bits per heavy atom. The minimum atomic E-state index is -4.63. The minimum absolute atomic E-state index is 0.0658. The first kappa shape index (κ1) is 15.5. The van der Waals surface area contributed by atoms with Gasteiger partial charge in [0, 0.05) is 5.56 Å². The Balaban J connectivity index is 2.44. The summed E-state index contributed by atoms with van der Waals surface area (Å²) in [5.74, 6) is -1.05. The van der Waals surface area contributed by atoms with Gasteiger partial charge in [-0.25, -0.2) is 17.9 Å². The zero-order chi connectivity index (χ0) is 15.8. The van der Waals surface area contributed by atoms with Gasteiger partial charge in [0.05, 0.1) is 10.5 Å². The second kappa shape index (κ2) is 5.12. The van der Waals surface area contributed by atoms with E-state index in [-0.39, 0.29) is 16.0 Å². The summed E-state index contributed by atoms with van der Waals surface area (Å²) < 4.78 is 73.2. The SMILES string of the molecule is NS(=O)(=O)c1ccc(-c2ccc(C(F)(F)F)cc2F)cc1. The molecule has 0 radical (unpaired) electrons. The Bertz CT molecular complexity index is 768. The molecule has 0 aliphatic heterocycles. The standard InChI is InChI=1S/C13H9F4NO2S/c14-12-7-9(13(15,16)17)3-6-11(12)8-1-4-10(5-2-8)21(18,19)20/h1-7H,(H2,18,19,20). The van der Waals surface area contributed by atoms with Gasteiger partial charge in [0.1, 0.15) is 5.82 Å². The van der Waals surface area contributed by atoms with Gasteiger partial charge in [-0.1, -0.05) is 18.2 Å². The van der Waals surface area contributed by atoms with Crippen LogP contribution in [-0.2, 0) is 16.2 Å². The molecule has 0 aromatic heterocycles. The molecule has 0 saturated carbocycles. The maximum Gasteiger partial charge on any atom is 0.416 e. The third-order valence-electron chi connectivity index (χ3n) is 2.79. The van der Waals surface area contributed by atoms with E-state index in [0.29, 0.717) is 6.07 Å². The lowest BCUT2D eigenvalue weighted by atomic mass is 10.0. The maximum atomic E-state index is 13.8. The van der Waals surface area contributed by atoms with E-state index in [2.05, 4.69) is 0 Å². The third-order valence-corrected chi connectivity index (χ3v) is 3.72. The topological polar surface area (TPSA) is 60.2 Å². The largest absolute Gasteiger partial charge is 0.416 e. The van der Waals surface area contributed by atoms with Gasteiger partial charge < -0.3 is 0 Å². The van der Waals surface area contributed by atoms with Crippen LogP contribution >= 0.6 is 0 Å². The smallest absolute Gasteiger partial charge is 0.225 e. The molecule has 8 heteroatoms. The van der Waals surface area contributed by atoms with Crippen molar-refractivity contribution in [1.29, 1.82) is 0 Å². The highest BCUT2D eigenvalue weighted by Crippen LogP contribution is 2.32. The second-order valence-electron chi connectivity index (χ2n) is 4.26. The van der Waals surface area contributed by atoms with Crippen molar-refractivity contribution in [2.24, 2.45) is 5.14 Å². The predicted molar refractivity (Wildman–Crippen MR) is 68.2 cm³/mol. The number of sulfonamides is 1. The Morgan fingerprint density at radius 3 is 1.95 bits per heavy atom. The van der Waals surface area contributed by atoms with E-state index < -0.39 is 27.6 Å². The van der Waals surface area contributed by atoms with E-state index >= 15 is 0 Å². The number of benzene rings is 2. The molecule has 0 atom stereocenters. The first-order valence-electron chi connectivity index (χ1n) is 5.59. The highest BCUT2D eigenvalue weighted by molar-refractivity contribution is 7.89. The van der Waals surface area contributed by atoms with E-state index in [1.54, 1.807) is 0 Å². The van der Waals surface area contributed by atoms with E-state index in [4.69, 9.17) is 5.14 Å². The normalized spacial score (nSPS) is 12.4. The molecule has 0 unspecified atom stereocenters. The van der Waals surface area contributed by atoms with Crippen molar-refractivity contribution >= 4 is 10.0 Å². The highest BCUT2D eigenvalue weighted by Gasteiger charge is 2.31. The molecular formula is C13H9F4NO2S.